The summed E-state index contributed by atoms with van der Waals surface area (Å²) in [4.78, 5) is 12.1. The molecule has 3 rings (SSSR count). The standard InChI is InChI=1S/C14H16N2O4S2.ClH/c1-20-14(17)12-13(10-4-2-3-5-11(10)21-12)22(18,19)16-9-6-7-15-8-9;/h2-5,9,15-16H,6-8H2,1H3;1H. The van der Waals surface area contributed by atoms with E-state index in [2.05, 4.69) is 10.0 Å². The molecule has 1 unspecified atom stereocenters. The highest BCUT2D eigenvalue weighted by atomic mass is 35.5. The molecule has 1 atom stereocenters. The van der Waals surface area contributed by atoms with E-state index >= 15 is 0 Å². The van der Waals surface area contributed by atoms with Gasteiger partial charge in [0.2, 0.25) is 10.0 Å². The minimum atomic E-state index is -3.79. The van der Waals surface area contributed by atoms with Crippen LogP contribution in [0.3, 0.4) is 0 Å². The summed E-state index contributed by atoms with van der Waals surface area (Å²) in [6, 6.07) is 6.91. The highest BCUT2D eigenvalue weighted by molar-refractivity contribution is 7.90. The Balaban J connectivity index is 0.00000192. The van der Waals surface area contributed by atoms with E-state index in [1.165, 1.54) is 7.11 Å². The molecular formula is C14H17ClN2O4S2. The SMILES string of the molecule is COC(=O)c1sc2ccccc2c1S(=O)(=O)NC1CCNC1.Cl. The lowest BCUT2D eigenvalue weighted by Gasteiger charge is -2.12. The van der Waals surface area contributed by atoms with Crippen LogP contribution in [0.15, 0.2) is 29.2 Å². The van der Waals surface area contributed by atoms with Crippen LogP contribution in [0, 0.1) is 0 Å². The first-order valence-corrected chi connectivity index (χ1v) is 9.16. The summed E-state index contributed by atoms with van der Waals surface area (Å²) in [5, 5.41) is 3.66. The second-order valence-electron chi connectivity index (χ2n) is 5.06. The zero-order valence-electron chi connectivity index (χ0n) is 12.4. The topological polar surface area (TPSA) is 84.5 Å². The highest BCUT2D eigenvalue weighted by Gasteiger charge is 2.31. The van der Waals surface area contributed by atoms with Crippen LogP contribution < -0.4 is 10.0 Å². The lowest BCUT2D eigenvalue weighted by molar-refractivity contribution is 0.0602. The highest BCUT2D eigenvalue weighted by Crippen LogP contribution is 2.35. The van der Waals surface area contributed by atoms with E-state index in [0.717, 1.165) is 29.0 Å². The maximum Gasteiger partial charge on any atom is 0.349 e. The number of carbonyl (C=O) groups is 1. The third-order valence-corrected chi connectivity index (χ3v) is 6.46. The van der Waals surface area contributed by atoms with Crippen molar-refractivity contribution in [3.63, 3.8) is 0 Å². The summed E-state index contributed by atoms with van der Waals surface area (Å²) in [6.07, 6.45) is 0.731. The van der Waals surface area contributed by atoms with Crippen molar-refractivity contribution in [1.29, 1.82) is 0 Å². The fourth-order valence-electron chi connectivity index (χ4n) is 2.55. The summed E-state index contributed by atoms with van der Waals surface area (Å²) in [5.41, 5.74) is 0. The number of halogens is 1. The van der Waals surface area contributed by atoms with Crippen LogP contribution in [-0.4, -0.2) is 40.6 Å². The average Bonchev–Trinajstić information content (AvgIpc) is 3.12. The van der Waals surface area contributed by atoms with Crippen LogP contribution in [0.25, 0.3) is 10.1 Å². The smallest absolute Gasteiger partial charge is 0.349 e. The molecule has 2 aromatic rings. The molecule has 0 bridgehead atoms. The number of thiophene rings is 1. The molecule has 1 aromatic carbocycles. The predicted molar refractivity (Wildman–Crippen MR) is 92.0 cm³/mol. The van der Waals surface area contributed by atoms with Gasteiger partial charge in [-0.1, -0.05) is 18.2 Å². The first-order valence-electron chi connectivity index (χ1n) is 6.86. The molecule has 6 nitrogen and oxygen atoms in total. The molecular weight excluding hydrogens is 360 g/mol. The molecule has 1 aliphatic heterocycles. The fourth-order valence-corrected chi connectivity index (χ4v) is 5.64. The Kier molecular flexibility index (Phi) is 5.64. The number of esters is 1. The number of hydrogen-bond acceptors (Lipinski definition) is 6. The molecule has 2 heterocycles. The third kappa shape index (κ3) is 3.51. The van der Waals surface area contributed by atoms with Gasteiger partial charge >= 0.3 is 5.97 Å². The molecule has 1 saturated heterocycles. The molecule has 9 heteroatoms. The number of fused-ring (bicyclic) bond motifs is 1. The lowest BCUT2D eigenvalue weighted by atomic mass is 10.2. The Labute approximate surface area is 144 Å². The lowest BCUT2D eigenvalue weighted by Crippen LogP contribution is -2.36. The summed E-state index contributed by atoms with van der Waals surface area (Å²) in [7, 11) is -2.55. The van der Waals surface area contributed by atoms with Crippen molar-refractivity contribution in [2.75, 3.05) is 20.2 Å². The quantitative estimate of drug-likeness (QED) is 0.794. The summed E-state index contributed by atoms with van der Waals surface area (Å²) >= 11 is 1.13. The van der Waals surface area contributed by atoms with Crippen LogP contribution in [0.4, 0.5) is 0 Å². The number of hydrogen-bond donors (Lipinski definition) is 2. The number of sulfonamides is 1. The van der Waals surface area contributed by atoms with Crippen LogP contribution in [0.1, 0.15) is 16.1 Å². The Morgan fingerprint density at radius 1 is 1.39 bits per heavy atom. The van der Waals surface area contributed by atoms with E-state index in [0.29, 0.717) is 11.9 Å². The number of nitrogens with one attached hydrogen (secondary N) is 2. The van der Waals surface area contributed by atoms with Gasteiger partial charge in [-0.2, -0.15) is 0 Å². The summed E-state index contributed by atoms with van der Waals surface area (Å²) < 4.78 is 33.7. The Hall–Kier alpha value is -1.19. The molecule has 126 valence electrons. The van der Waals surface area contributed by atoms with Gasteiger partial charge in [0.15, 0.2) is 0 Å². The van der Waals surface area contributed by atoms with Crippen molar-refractivity contribution in [2.45, 2.75) is 17.4 Å². The van der Waals surface area contributed by atoms with Gasteiger partial charge < -0.3 is 10.1 Å². The molecule has 0 saturated carbocycles. The van der Waals surface area contributed by atoms with Gasteiger partial charge in [-0.15, -0.1) is 23.7 Å². The molecule has 1 aromatic heterocycles. The van der Waals surface area contributed by atoms with E-state index in [1.54, 1.807) is 18.2 Å². The van der Waals surface area contributed by atoms with E-state index in [9.17, 15) is 13.2 Å². The second kappa shape index (κ2) is 7.14. The van der Waals surface area contributed by atoms with Crippen LogP contribution in [-0.2, 0) is 14.8 Å². The molecule has 0 radical (unpaired) electrons. The Morgan fingerprint density at radius 3 is 2.78 bits per heavy atom. The van der Waals surface area contributed by atoms with Crippen molar-refractivity contribution in [3.8, 4) is 0 Å². The maximum atomic E-state index is 12.8. The van der Waals surface area contributed by atoms with E-state index < -0.39 is 16.0 Å². The monoisotopic (exact) mass is 376 g/mol. The van der Waals surface area contributed by atoms with Gasteiger partial charge in [0.1, 0.15) is 9.77 Å². The van der Waals surface area contributed by atoms with Crippen LogP contribution >= 0.6 is 23.7 Å². The molecule has 0 aliphatic carbocycles. The summed E-state index contributed by atoms with van der Waals surface area (Å²) in [6.45, 7) is 1.37. The van der Waals surface area contributed by atoms with E-state index in [1.807, 2.05) is 6.07 Å². The van der Waals surface area contributed by atoms with Gasteiger partial charge in [-0.25, -0.2) is 17.9 Å². The first-order chi connectivity index (χ1) is 10.5. The Bertz CT molecular complexity index is 813. The first kappa shape index (κ1) is 18.2. The van der Waals surface area contributed by atoms with Crippen molar-refractivity contribution in [3.05, 3.63) is 29.1 Å². The van der Waals surface area contributed by atoms with Gasteiger partial charge in [0, 0.05) is 22.7 Å². The van der Waals surface area contributed by atoms with E-state index in [-0.39, 0.29) is 28.2 Å². The average molecular weight is 377 g/mol. The third-order valence-electron chi connectivity index (χ3n) is 3.57. The van der Waals surface area contributed by atoms with Gasteiger partial charge in [-0.3, -0.25) is 0 Å². The normalized spacial score (nSPS) is 17.9. The van der Waals surface area contributed by atoms with Gasteiger partial charge in [-0.05, 0) is 19.0 Å². The van der Waals surface area contributed by atoms with E-state index in [4.69, 9.17) is 4.74 Å². The van der Waals surface area contributed by atoms with Crippen molar-refractivity contribution in [2.24, 2.45) is 0 Å². The van der Waals surface area contributed by atoms with Crippen LogP contribution in [0.2, 0.25) is 0 Å². The number of benzene rings is 1. The summed E-state index contributed by atoms with van der Waals surface area (Å²) in [5.74, 6) is -0.633. The number of ether oxygens (including phenoxy) is 1. The largest absolute Gasteiger partial charge is 0.465 e. The minimum Gasteiger partial charge on any atom is -0.465 e. The molecule has 23 heavy (non-hydrogen) atoms. The number of rotatable bonds is 4. The van der Waals surface area contributed by atoms with Crippen molar-refractivity contribution < 1.29 is 17.9 Å². The second-order valence-corrected chi connectivity index (χ2v) is 7.76. The zero-order chi connectivity index (χ0) is 15.7. The molecule has 1 fully saturated rings. The minimum absolute atomic E-state index is 0. The van der Waals surface area contributed by atoms with Crippen molar-refractivity contribution >= 4 is 49.8 Å². The van der Waals surface area contributed by atoms with Crippen molar-refractivity contribution in [1.82, 2.24) is 10.0 Å². The maximum absolute atomic E-state index is 12.8. The van der Waals surface area contributed by atoms with Gasteiger partial charge in [0.25, 0.3) is 0 Å². The Morgan fingerprint density at radius 2 is 2.13 bits per heavy atom. The zero-order valence-corrected chi connectivity index (χ0v) is 14.8. The molecule has 2 N–H and O–H groups in total. The van der Waals surface area contributed by atoms with Gasteiger partial charge in [0.05, 0.1) is 7.11 Å². The number of carbonyl (C=O) groups excluding carboxylic acids is 1. The predicted octanol–water partition coefficient (Wildman–Crippen LogP) is 1.75. The molecule has 0 spiro atoms. The number of methoxy groups -OCH3 is 1. The van der Waals surface area contributed by atoms with Crippen LogP contribution in [0.5, 0.6) is 0 Å². The molecule has 1 aliphatic rings. The molecule has 0 amide bonds. The fraction of sp³-hybridized carbons (Fsp3) is 0.357.